The van der Waals surface area contributed by atoms with Gasteiger partial charge in [-0.05, 0) is 55.3 Å². The average molecular weight is 416 g/mol. The Kier molecular flexibility index (Phi) is 5.15. The Hall–Kier alpha value is -3.07. The Morgan fingerprint density at radius 2 is 2.00 bits per heavy atom. The Morgan fingerprint density at radius 1 is 1.20 bits per heavy atom. The van der Waals surface area contributed by atoms with Gasteiger partial charge in [0.2, 0.25) is 0 Å². The first-order valence-corrected chi connectivity index (χ1v) is 9.69. The highest BCUT2D eigenvalue weighted by Crippen LogP contribution is 2.34. The zero-order valence-electron chi connectivity index (χ0n) is 16.7. The third-order valence-electron chi connectivity index (χ3n) is 5.37. The number of aryl methyl sites for hydroxylation is 1. The van der Waals surface area contributed by atoms with Crippen LogP contribution in [0, 0.1) is 0 Å². The smallest absolute Gasteiger partial charge is 0.399 e. The Balaban J connectivity index is 1.69. The summed E-state index contributed by atoms with van der Waals surface area (Å²) >= 11 is 0. The maximum Gasteiger partial charge on any atom is 0.416 e. The number of benzene rings is 1. The van der Waals surface area contributed by atoms with Crippen LogP contribution in [0.3, 0.4) is 0 Å². The molecule has 0 unspecified atom stereocenters. The number of nitrogens with zero attached hydrogens (tertiary/aromatic N) is 3. The molecule has 0 amide bonds. The first kappa shape index (κ1) is 20.2. The molecule has 1 aliphatic heterocycles. The number of nitrogens with two attached hydrogens (primary N) is 1. The summed E-state index contributed by atoms with van der Waals surface area (Å²) in [5.74, 6) is 0.569. The predicted molar refractivity (Wildman–Crippen MR) is 112 cm³/mol. The normalized spacial score (nSPS) is 15.8. The van der Waals surface area contributed by atoms with Crippen molar-refractivity contribution in [2.45, 2.75) is 25.6 Å². The summed E-state index contributed by atoms with van der Waals surface area (Å²) in [6, 6.07) is 5.19. The molecule has 4 rings (SSSR count). The summed E-state index contributed by atoms with van der Waals surface area (Å²) in [5, 5.41) is 7.35. The first-order chi connectivity index (χ1) is 14.2. The number of halogens is 3. The van der Waals surface area contributed by atoms with Crippen LogP contribution in [0.2, 0.25) is 0 Å². The molecule has 30 heavy (non-hydrogen) atoms. The van der Waals surface area contributed by atoms with Gasteiger partial charge >= 0.3 is 6.18 Å². The molecule has 0 saturated carbocycles. The highest BCUT2D eigenvalue weighted by molar-refractivity contribution is 5.91. The molecule has 0 radical (unpaired) electrons. The van der Waals surface area contributed by atoms with Gasteiger partial charge < -0.3 is 20.9 Å². The van der Waals surface area contributed by atoms with Gasteiger partial charge in [-0.25, -0.2) is 9.97 Å². The van der Waals surface area contributed by atoms with E-state index in [1.807, 2.05) is 17.7 Å². The van der Waals surface area contributed by atoms with E-state index in [0.29, 0.717) is 11.4 Å². The lowest BCUT2D eigenvalue weighted by Crippen LogP contribution is -2.20. The van der Waals surface area contributed by atoms with Crippen molar-refractivity contribution in [3.05, 3.63) is 53.5 Å². The molecule has 4 N–H and O–H groups in total. The number of anilines is 2. The number of fused-ring (bicyclic) bond motifs is 1. The van der Waals surface area contributed by atoms with Gasteiger partial charge in [-0.1, -0.05) is 6.08 Å². The van der Waals surface area contributed by atoms with Gasteiger partial charge in [0.15, 0.2) is 0 Å². The second kappa shape index (κ2) is 7.64. The second-order valence-electron chi connectivity index (χ2n) is 7.48. The van der Waals surface area contributed by atoms with Crippen LogP contribution in [0.15, 0.2) is 36.7 Å². The highest BCUT2D eigenvalue weighted by Gasteiger charge is 2.31. The molecule has 2 aromatic heterocycles. The summed E-state index contributed by atoms with van der Waals surface area (Å²) in [4.78, 5) is 8.74. The average Bonchev–Trinajstić information content (AvgIpc) is 3.05. The zero-order chi connectivity index (χ0) is 21.5. The van der Waals surface area contributed by atoms with Crippen LogP contribution >= 0.6 is 0 Å². The van der Waals surface area contributed by atoms with Crippen LogP contribution in [-0.4, -0.2) is 27.6 Å². The molecule has 0 saturated heterocycles. The SMILES string of the molecule is C[C@@H](Nc1ncnc2c1cc(C1=CCNCC1)n2C)c1cc(N)cc(C(F)(F)F)c1. The molecule has 0 fully saturated rings. The van der Waals surface area contributed by atoms with E-state index in [4.69, 9.17) is 5.73 Å². The summed E-state index contributed by atoms with van der Waals surface area (Å²) in [5.41, 5.74) is 8.52. The minimum absolute atomic E-state index is 0.0705. The number of hydrogen-bond donors (Lipinski definition) is 3. The summed E-state index contributed by atoms with van der Waals surface area (Å²) < 4.78 is 41.5. The standard InChI is InChI=1S/C21H23F3N6/c1-12(14-7-15(21(22,23)24)9-16(25)8-14)29-19-17-10-18(13-3-5-26-6-4-13)30(2)20(17)28-11-27-19/h3,7-12,26H,4-6,25H2,1-2H3,(H,27,28,29)/t12-/m1/s1. The fourth-order valence-electron chi connectivity index (χ4n) is 3.79. The highest BCUT2D eigenvalue weighted by atomic mass is 19.4. The van der Waals surface area contributed by atoms with E-state index in [2.05, 4.69) is 26.7 Å². The largest absolute Gasteiger partial charge is 0.416 e. The first-order valence-electron chi connectivity index (χ1n) is 9.69. The van der Waals surface area contributed by atoms with Crippen molar-refractivity contribution >= 4 is 28.1 Å². The molecular weight excluding hydrogens is 393 g/mol. The fraction of sp³-hybridized carbons (Fsp3) is 0.333. The van der Waals surface area contributed by atoms with Crippen LogP contribution in [0.5, 0.6) is 0 Å². The molecule has 9 heteroatoms. The van der Waals surface area contributed by atoms with Gasteiger partial charge in [-0.2, -0.15) is 13.2 Å². The summed E-state index contributed by atoms with van der Waals surface area (Å²) in [6.45, 7) is 3.52. The molecule has 1 aromatic carbocycles. The van der Waals surface area contributed by atoms with E-state index in [1.54, 1.807) is 13.0 Å². The van der Waals surface area contributed by atoms with Crippen molar-refractivity contribution in [2.24, 2.45) is 7.05 Å². The van der Waals surface area contributed by atoms with Crippen LogP contribution in [-0.2, 0) is 13.2 Å². The van der Waals surface area contributed by atoms with Crippen molar-refractivity contribution in [1.82, 2.24) is 19.9 Å². The van der Waals surface area contributed by atoms with E-state index in [1.165, 1.54) is 11.9 Å². The van der Waals surface area contributed by atoms with Crippen molar-refractivity contribution < 1.29 is 13.2 Å². The molecule has 3 heterocycles. The lowest BCUT2D eigenvalue weighted by molar-refractivity contribution is -0.137. The quantitative estimate of drug-likeness (QED) is 0.558. The monoisotopic (exact) mass is 416 g/mol. The van der Waals surface area contributed by atoms with Gasteiger partial charge in [-0.15, -0.1) is 0 Å². The maximum absolute atomic E-state index is 13.2. The Labute approximate surface area is 172 Å². The number of rotatable bonds is 4. The van der Waals surface area contributed by atoms with Gasteiger partial charge in [0.05, 0.1) is 17.0 Å². The van der Waals surface area contributed by atoms with E-state index >= 15 is 0 Å². The lowest BCUT2D eigenvalue weighted by Gasteiger charge is -2.18. The molecule has 0 bridgehead atoms. The fourth-order valence-corrected chi connectivity index (χ4v) is 3.79. The Morgan fingerprint density at radius 3 is 2.70 bits per heavy atom. The van der Waals surface area contributed by atoms with Crippen molar-refractivity contribution in [3.8, 4) is 0 Å². The molecule has 6 nitrogen and oxygen atoms in total. The van der Waals surface area contributed by atoms with E-state index in [0.717, 1.165) is 48.4 Å². The molecule has 1 atom stereocenters. The van der Waals surface area contributed by atoms with E-state index < -0.39 is 17.8 Å². The van der Waals surface area contributed by atoms with Gasteiger partial charge in [0.25, 0.3) is 0 Å². The van der Waals surface area contributed by atoms with Gasteiger partial charge in [0.1, 0.15) is 17.8 Å². The molecule has 158 valence electrons. The van der Waals surface area contributed by atoms with Crippen molar-refractivity contribution in [3.63, 3.8) is 0 Å². The van der Waals surface area contributed by atoms with E-state index in [9.17, 15) is 13.2 Å². The third-order valence-corrected chi connectivity index (χ3v) is 5.37. The number of alkyl halides is 3. The van der Waals surface area contributed by atoms with Crippen LogP contribution in [0.1, 0.15) is 36.2 Å². The van der Waals surface area contributed by atoms with Crippen molar-refractivity contribution in [2.75, 3.05) is 24.1 Å². The third kappa shape index (κ3) is 3.85. The minimum Gasteiger partial charge on any atom is -0.399 e. The number of hydrogen-bond acceptors (Lipinski definition) is 5. The minimum atomic E-state index is -4.46. The maximum atomic E-state index is 13.2. The lowest BCUT2D eigenvalue weighted by atomic mass is 10.0. The topological polar surface area (TPSA) is 80.8 Å². The number of nitrogen functional groups attached to an aromatic ring is 1. The van der Waals surface area contributed by atoms with Gasteiger partial charge in [-0.3, -0.25) is 0 Å². The molecule has 1 aliphatic rings. The van der Waals surface area contributed by atoms with Crippen LogP contribution in [0.4, 0.5) is 24.7 Å². The summed E-state index contributed by atoms with van der Waals surface area (Å²) in [7, 11) is 1.95. The van der Waals surface area contributed by atoms with Crippen LogP contribution < -0.4 is 16.4 Å². The van der Waals surface area contributed by atoms with Crippen molar-refractivity contribution in [1.29, 1.82) is 0 Å². The molecule has 0 aliphatic carbocycles. The van der Waals surface area contributed by atoms with Gasteiger partial charge in [0, 0.05) is 25.0 Å². The second-order valence-corrected chi connectivity index (χ2v) is 7.48. The summed E-state index contributed by atoms with van der Waals surface area (Å²) in [6.07, 6.45) is 0.0773. The predicted octanol–water partition coefficient (Wildman–Crippen LogP) is 4.12. The molecule has 3 aromatic rings. The molecule has 0 spiro atoms. The number of nitrogens with one attached hydrogen (secondary N) is 2. The zero-order valence-corrected chi connectivity index (χ0v) is 16.7. The number of aromatic nitrogens is 3. The molecular formula is C21H23F3N6. The Bertz CT molecular complexity index is 1120. The van der Waals surface area contributed by atoms with Crippen LogP contribution in [0.25, 0.3) is 16.6 Å². The van der Waals surface area contributed by atoms with E-state index in [-0.39, 0.29) is 5.69 Å².